The second-order valence-electron chi connectivity index (χ2n) is 3.48. The number of ether oxygens (including phenoxy) is 1. The summed E-state index contributed by atoms with van der Waals surface area (Å²) in [5.41, 5.74) is 0.362. The molecule has 0 saturated heterocycles. The summed E-state index contributed by atoms with van der Waals surface area (Å²) in [5, 5.41) is 7.60. The Balaban J connectivity index is 2.31. The molecule has 2 aromatic rings. The fourth-order valence-electron chi connectivity index (χ4n) is 1.47. The zero-order chi connectivity index (χ0) is 12.4. The van der Waals surface area contributed by atoms with Crippen LogP contribution >= 0.6 is 0 Å². The van der Waals surface area contributed by atoms with Crippen molar-refractivity contribution < 1.29 is 13.9 Å². The first-order chi connectivity index (χ1) is 8.11. The zero-order valence-corrected chi connectivity index (χ0v) is 9.80. The van der Waals surface area contributed by atoms with Crippen molar-refractivity contribution in [1.29, 1.82) is 0 Å². The van der Waals surface area contributed by atoms with Crippen molar-refractivity contribution in [2.75, 3.05) is 7.11 Å². The summed E-state index contributed by atoms with van der Waals surface area (Å²) in [6.07, 6.45) is 1.46. The van der Waals surface area contributed by atoms with Crippen molar-refractivity contribution in [3.63, 3.8) is 0 Å². The fourth-order valence-corrected chi connectivity index (χ4v) is 1.47. The molecule has 0 spiro atoms. The topological polar surface area (TPSA) is 83.0 Å². The lowest BCUT2D eigenvalue weighted by Crippen LogP contribution is -2.12. The van der Waals surface area contributed by atoms with Crippen molar-refractivity contribution in [2.45, 2.75) is 20.4 Å². The highest BCUT2D eigenvalue weighted by Crippen LogP contribution is 2.10. The largest absolute Gasteiger partial charge is 0.464 e. The standard InChI is InChI=1S/C10H12N4O3/c1-6-11-4-8(10(15)16-3)14(6)5-9-13-12-7(2)17-9/h4H,5H2,1-3H3. The average molecular weight is 236 g/mol. The Morgan fingerprint density at radius 1 is 1.47 bits per heavy atom. The molecule has 7 heteroatoms. The Morgan fingerprint density at radius 2 is 2.24 bits per heavy atom. The van der Waals surface area contributed by atoms with Crippen LogP contribution in [0.25, 0.3) is 0 Å². The van der Waals surface area contributed by atoms with Crippen LogP contribution in [0.15, 0.2) is 10.6 Å². The highest BCUT2D eigenvalue weighted by Gasteiger charge is 2.16. The van der Waals surface area contributed by atoms with Crippen molar-refractivity contribution in [1.82, 2.24) is 19.7 Å². The van der Waals surface area contributed by atoms with Crippen LogP contribution < -0.4 is 0 Å². The lowest BCUT2D eigenvalue weighted by Gasteiger charge is -2.05. The molecule has 0 bridgehead atoms. The van der Waals surface area contributed by atoms with Gasteiger partial charge >= 0.3 is 5.97 Å². The maximum Gasteiger partial charge on any atom is 0.356 e. The van der Waals surface area contributed by atoms with Crippen molar-refractivity contribution in [3.05, 3.63) is 29.5 Å². The van der Waals surface area contributed by atoms with Crippen LogP contribution in [0.2, 0.25) is 0 Å². The van der Waals surface area contributed by atoms with Gasteiger partial charge in [-0.3, -0.25) is 0 Å². The number of carbonyl (C=O) groups excluding carboxylic acids is 1. The van der Waals surface area contributed by atoms with Gasteiger partial charge in [-0.1, -0.05) is 0 Å². The number of imidazole rings is 1. The van der Waals surface area contributed by atoms with E-state index < -0.39 is 5.97 Å². The van der Waals surface area contributed by atoms with E-state index in [1.807, 2.05) is 0 Å². The van der Waals surface area contributed by atoms with Crippen LogP contribution in [-0.2, 0) is 11.3 Å². The lowest BCUT2D eigenvalue weighted by molar-refractivity contribution is 0.0588. The van der Waals surface area contributed by atoms with Gasteiger partial charge in [0.15, 0.2) is 0 Å². The maximum absolute atomic E-state index is 11.5. The van der Waals surface area contributed by atoms with E-state index >= 15 is 0 Å². The van der Waals surface area contributed by atoms with Crippen LogP contribution in [0, 0.1) is 13.8 Å². The monoisotopic (exact) mass is 236 g/mol. The molecule has 2 rings (SSSR count). The molecule has 2 aromatic heterocycles. The van der Waals surface area contributed by atoms with Crippen molar-refractivity contribution in [2.24, 2.45) is 0 Å². The molecule has 2 heterocycles. The van der Waals surface area contributed by atoms with Crippen LogP contribution in [0.5, 0.6) is 0 Å². The van der Waals surface area contributed by atoms with Crippen molar-refractivity contribution >= 4 is 5.97 Å². The number of rotatable bonds is 3. The van der Waals surface area contributed by atoms with Crippen LogP contribution in [-0.4, -0.2) is 32.8 Å². The molecular formula is C10H12N4O3. The Hall–Kier alpha value is -2.18. The van der Waals surface area contributed by atoms with E-state index in [1.165, 1.54) is 13.3 Å². The Bertz CT molecular complexity index is 543. The molecule has 0 aliphatic rings. The van der Waals surface area contributed by atoms with Gasteiger partial charge in [-0.15, -0.1) is 10.2 Å². The van der Waals surface area contributed by atoms with E-state index in [0.717, 1.165) is 0 Å². The van der Waals surface area contributed by atoms with Crippen LogP contribution in [0.3, 0.4) is 0 Å². The Morgan fingerprint density at radius 3 is 2.82 bits per heavy atom. The second-order valence-corrected chi connectivity index (χ2v) is 3.48. The van der Waals surface area contributed by atoms with Gasteiger partial charge in [0.25, 0.3) is 0 Å². The third-order valence-corrected chi connectivity index (χ3v) is 2.31. The van der Waals surface area contributed by atoms with Crippen LogP contribution in [0.4, 0.5) is 0 Å². The molecule has 0 radical (unpaired) electrons. The van der Waals surface area contributed by atoms with E-state index in [0.29, 0.717) is 29.8 Å². The number of aromatic nitrogens is 4. The number of methoxy groups -OCH3 is 1. The quantitative estimate of drug-likeness (QED) is 0.730. The summed E-state index contributed by atoms with van der Waals surface area (Å²) in [6, 6.07) is 0. The highest BCUT2D eigenvalue weighted by molar-refractivity contribution is 5.87. The predicted molar refractivity (Wildman–Crippen MR) is 56.4 cm³/mol. The third kappa shape index (κ3) is 2.17. The molecule has 90 valence electrons. The summed E-state index contributed by atoms with van der Waals surface area (Å²) >= 11 is 0. The van der Waals surface area contributed by atoms with Gasteiger partial charge in [-0.25, -0.2) is 9.78 Å². The number of nitrogens with zero attached hydrogens (tertiary/aromatic N) is 4. The molecule has 0 fully saturated rings. The lowest BCUT2D eigenvalue weighted by atomic mass is 10.4. The molecule has 0 aliphatic carbocycles. The molecule has 7 nitrogen and oxygen atoms in total. The molecule has 0 unspecified atom stereocenters. The fraction of sp³-hybridized carbons (Fsp3) is 0.400. The van der Waals surface area contributed by atoms with E-state index in [2.05, 4.69) is 19.9 Å². The smallest absolute Gasteiger partial charge is 0.356 e. The molecule has 17 heavy (non-hydrogen) atoms. The van der Waals surface area contributed by atoms with Gasteiger partial charge in [0, 0.05) is 6.92 Å². The van der Waals surface area contributed by atoms with Gasteiger partial charge in [0.05, 0.1) is 13.3 Å². The summed E-state index contributed by atoms with van der Waals surface area (Å²) in [7, 11) is 1.33. The van der Waals surface area contributed by atoms with E-state index in [1.54, 1.807) is 18.4 Å². The summed E-state index contributed by atoms with van der Waals surface area (Å²) in [6.45, 7) is 3.80. The zero-order valence-electron chi connectivity index (χ0n) is 9.80. The van der Waals surface area contributed by atoms with Gasteiger partial charge in [0.1, 0.15) is 18.1 Å². The van der Waals surface area contributed by atoms with E-state index in [-0.39, 0.29) is 0 Å². The molecular weight excluding hydrogens is 224 g/mol. The molecule has 0 N–H and O–H groups in total. The molecule has 0 amide bonds. The predicted octanol–water partition coefficient (Wildman–Crippen LogP) is 0.718. The Labute approximate surface area is 97.4 Å². The third-order valence-electron chi connectivity index (χ3n) is 2.31. The summed E-state index contributed by atoms with van der Waals surface area (Å²) in [4.78, 5) is 15.6. The normalized spacial score (nSPS) is 10.5. The molecule has 0 aromatic carbocycles. The SMILES string of the molecule is COC(=O)c1cnc(C)n1Cc1nnc(C)o1. The first kappa shape index (κ1) is 11.3. The molecule has 0 aliphatic heterocycles. The number of hydrogen-bond donors (Lipinski definition) is 0. The number of esters is 1. The van der Waals surface area contributed by atoms with Gasteiger partial charge in [-0.05, 0) is 6.92 Å². The summed E-state index contributed by atoms with van der Waals surface area (Å²) < 4.78 is 11.6. The number of aryl methyl sites for hydroxylation is 2. The average Bonchev–Trinajstić information content (AvgIpc) is 2.87. The second kappa shape index (κ2) is 4.36. The van der Waals surface area contributed by atoms with E-state index in [4.69, 9.17) is 4.42 Å². The molecule has 0 atom stereocenters. The first-order valence-electron chi connectivity index (χ1n) is 5.01. The van der Waals surface area contributed by atoms with Crippen molar-refractivity contribution in [3.8, 4) is 0 Å². The number of carbonyl (C=O) groups is 1. The minimum absolute atomic E-state index is 0.303. The number of hydrogen-bond acceptors (Lipinski definition) is 6. The molecule has 0 saturated carbocycles. The summed E-state index contributed by atoms with van der Waals surface area (Å²) in [5.74, 6) is 1.15. The van der Waals surface area contributed by atoms with E-state index in [9.17, 15) is 4.79 Å². The Kier molecular flexibility index (Phi) is 2.90. The van der Waals surface area contributed by atoms with Crippen LogP contribution in [0.1, 0.15) is 28.1 Å². The van der Waals surface area contributed by atoms with Gasteiger partial charge in [0.2, 0.25) is 11.8 Å². The minimum Gasteiger partial charge on any atom is -0.464 e. The first-order valence-corrected chi connectivity index (χ1v) is 5.01. The maximum atomic E-state index is 11.5. The minimum atomic E-state index is -0.443. The van der Waals surface area contributed by atoms with Gasteiger partial charge < -0.3 is 13.7 Å². The highest BCUT2D eigenvalue weighted by atomic mass is 16.5. The van der Waals surface area contributed by atoms with Gasteiger partial charge in [-0.2, -0.15) is 0 Å².